The maximum Gasteiger partial charge on any atom is 0.246 e. The van der Waals surface area contributed by atoms with Gasteiger partial charge in [-0.3, -0.25) is 9.48 Å². The van der Waals surface area contributed by atoms with Crippen LogP contribution in [-0.2, 0) is 24.2 Å². The molecule has 1 aliphatic carbocycles. The molecule has 2 aromatic rings. The number of anilines is 1. The van der Waals surface area contributed by atoms with Gasteiger partial charge in [-0.1, -0.05) is 13.0 Å². The summed E-state index contributed by atoms with van der Waals surface area (Å²) in [5.74, 6) is 0.687. The van der Waals surface area contributed by atoms with Gasteiger partial charge in [0.2, 0.25) is 5.91 Å². The molecule has 0 aliphatic heterocycles. The minimum atomic E-state index is -0.0297. The number of hydrogen-bond acceptors (Lipinski definition) is 2. The Morgan fingerprint density at radius 2 is 2.05 bits per heavy atom. The Morgan fingerprint density at radius 1 is 1.32 bits per heavy atom. The van der Waals surface area contributed by atoms with Crippen molar-refractivity contribution >= 4 is 11.6 Å². The first kappa shape index (κ1) is 14.8. The molecule has 4 nitrogen and oxygen atoms in total. The Kier molecular flexibility index (Phi) is 4.01. The van der Waals surface area contributed by atoms with Crippen molar-refractivity contribution in [3.8, 4) is 0 Å². The van der Waals surface area contributed by atoms with Gasteiger partial charge < -0.3 is 5.32 Å². The highest BCUT2D eigenvalue weighted by atomic mass is 16.2. The van der Waals surface area contributed by atoms with Crippen LogP contribution in [0.25, 0.3) is 0 Å². The predicted molar refractivity (Wildman–Crippen MR) is 88.0 cm³/mol. The minimum absolute atomic E-state index is 0.0297. The van der Waals surface area contributed by atoms with Gasteiger partial charge in [0, 0.05) is 11.9 Å². The Balaban J connectivity index is 1.67. The van der Waals surface area contributed by atoms with Gasteiger partial charge in [0.1, 0.15) is 6.54 Å². The standard InChI is InChI=1S/C18H23N3O/c1-12-4-5-17-15(7-12)10-21(20-17)11-18(22)19-16-8-13(2)6-14(3)9-16/h6,8-10,12H,4-5,7,11H2,1-3H3,(H,19,22). The molecular weight excluding hydrogens is 274 g/mol. The lowest BCUT2D eigenvalue weighted by Gasteiger charge is -2.15. The van der Waals surface area contributed by atoms with E-state index >= 15 is 0 Å². The molecule has 1 N–H and O–H groups in total. The smallest absolute Gasteiger partial charge is 0.246 e. The van der Waals surface area contributed by atoms with Crippen LogP contribution < -0.4 is 5.32 Å². The van der Waals surface area contributed by atoms with E-state index in [1.165, 1.54) is 12.0 Å². The average molecular weight is 297 g/mol. The monoisotopic (exact) mass is 297 g/mol. The van der Waals surface area contributed by atoms with Crippen LogP contribution in [0, 0.1) is 19.8 Å². The number of rotatable bonds is 3. The van der Waals surface area contributed by atoms with Gasteiger partial charge in [-0.15, -0.1) is 0 Å². The second-order valence-electron chi connectivity index (χ2n) is 6.57. The van der Waals surface area contributed by atoms with Crippen molar-refractivity contribution in [1.29, 1.82) is 0 Å². The molecule has 1 aromatic carbocycles. The Bertz CT molecular complexity index is 682. The van der Waals surface area contributed by atoms with Gasteiger partial charge in [-0.25, -0.2) is 0 Å². The van der Waals surface area contributed by atoms with E-state index in [4.69, 9.17) is 0 Å². The van der Waals surface area contributed by atoms with E-state index in [0.717, 1.165) is 35.3 Å². The summed E-state index contributed by atoms with van der Waals surface area (Å²) in [5, 5.41) is 7.52. The SMILES string of the molecule is Cc1cc(C)cc(NC(=O)Cn2cc3c(n2)CCC(C)C3)c1. The predicted octanol–water partition coefficient (Wildman–Crippen LogP) is 3.26. The van der Waals surface area contributed by atoms with E-state index in [1.54, 1.807) is 4.68 Å². The molecule has 1 unspecified atom stereocenters. The van der Waals surface area contributed by atoms with Crippen LogP contribution in [0.1, 0.15) is 35.7 Å². The van der Waals surface area contributed by atoms with E-state index in [2.05, 4.69) is 23.4 Å². The van der Waals surface area contributed by atoms with Gasteiger partial charge in [0.25, 0.3) is 0 Å². The molecule has 0 saturated heterocycles. The number of hydrogen-bond donors (Lipinski definition) is 1. The molecule has 22 heavy (non-hydrogen) atoms. The lowest BCUT2D eigenvalue weighted by atomic mass is 9.89. The molecule has 1 aliphatic rings. The summed E-state index contributed by atoms with van der Waals surface area (Å²) in [6, 6.07) is 6.07. The number of carbonyl (C=O) groups excluding carboxylic acids is 1. The third kappa shape index (κ3) is 3.38. The van der Waals surface area contributed by atoms with Gasteiger partial charge in [-0.05, 0) is 67.9 Å². The minimum Gasteiger partial charge on any atom is -0.324 e. The largest absolute Gasteiger partial charge is 0.324 e. The lowest BCUT2D eigenvalue weighted by molar-refractivity contribution is -0.116. The van der Waals surface area contributed by atoms with Crippen molar-refractivity contribution < 1.29 is 4.79 Å². The molecule has 0 radical (unpaired) electrons. The fourth-order valence-electron chi connectivity index (χ4n) is 3.22. The number of nitrogens with one attached hydrogen (secondary N) is 1. The van der Waals surface area contributed by atoms with Gasteiger partial charge in [0.15, 0.2) is 0 Å². The van der Waals surface area contributed by atoms with Crippen LogP contribution in [0.4, 0.5) is 5.69 Å². The van der Waals surface area contributed by atoms with E-state index < -0.39 is 0 Å². The molecule has 1 heterocycles. The summed E-state index contributed by atoms with van der Waals surface area (Å²) in [6.45, 7) is 6.61. The van der Waals surface area contributed by atoms with Crippen LogP contribution in [0.15, 0.2) is 24.4 Å². The number of benzene rings is 1. The maximum absolute atomic E-state index is 12.2. The zero-order valence-electron chi connectivity index (χ0n) is 13.5. The highest BCUT2D eigenvalue weighted by Gasteiger charge is 2.19. The van der Waals surface area contributed by atoms with E-state index in [0.29, 0.717) is 5.92 Å². The molecule has 1 amide bonds. The third-order valence-electron chi connectivity index (χ3n) is 4.18. The summed E-state index contributed by atoms with van der Waals surface area (Å²) in [4.78, 5) is 12.2. The number of carbonyl (C=O) groups is 1. The second kappa shape index (κ2) is 5.95. The zero-order valence-corrected chi connectivity index (χ0v) is 13.5. The van der Waals surface area contributed by atoms with Crippen LogP contribution in [-0.4, -0.2) is 15.7 Å². The molecule has 3 rings (SSSR count). The van der Waals surface area contributed by atoms with E-state index in [-0.39, 0.29) is 12.5 Å². The zero-order chi connectivity index (χ0) is 15.7. The fraction of sp³-hybridized carbons (Fsp3) is 0.444. The second-order valence-corrected chi connectivity index (χ2v) is 6.57. The van der Waals surface area contributed by atoms with Crippen molar-refractivity contribution in [2.24, 2.45) is 5.92 Å². The van der Waals surface area contributed by atoms with Crippen molar-refractivity contribution in [3.05, 3.63) is 46.8 Å². The molecule has 1 aromatic heterocycles. The number of nitrogens with zero attached hydrogens (tertiary/aromatic N) is 2. The van der Waals surface area contributed by atoms with Crippen molar-refractivity contribution in [3.63, 3.8) is 0 Å². The molecule has 1 atom stereocenters. The van der Waals surface area contributed by atoms with Gasteiger partial charge in [-0.2, -0.15) is 5.10 Å². The average Bonchev–Trinajstić information content (AvgIpc) is 2.78. The number of amides is 1. The van der Waals surface area contributed by atoms with Crippen molar-refractivity contribution in [2.45, 2.75) is 46.6 Å². The lowest BCUT2D eigenvalue weighted by Crippen LogP contribution is -2.19. The molecule has 0 saturated carbocycles. The Hall–Kier alpha value is -2.10. The summed E-state index contributed by atoms with van der Waals surface area (Å²) < 4.78 is 1.78. The molecule has 0 spiro atoms. The summed E-state index contributed by atoms with van der Waals surface area (Å²) in [5.41, 5.74) is 5.63. The quantitative estimate of drug-likeness (QED) is 0.945. The normalized spacial score (nSPS) is 17.1. The topological polar surface area (TPSA) is 46.9 Å². The Labute approximate surface area is 131 Å². The number of fused-ring (bicyclic) bond motifs is 1. The summed E-state index contributed by atoms with van der Waals surface area (Å²) in [6.07, 6.45) is 5.33. The van der Waals surface area contributed by atoms with Gasteiger partial charge in [0.05, 0.1) is 5.69 Å². The first-order valence-corrected chi connectivity index (χ1v) is 7.93. The highest BCUT2D eigenvalue weighted by molar-refractivity contribution is 5.90. The summed E-state index contributed by atoms with van der Waals surface area (Å²) >= 11 is 0. The highest BCUT2D eigenvalue weighted by Crippen LogP contribution is 2.24. The van der Waals surface area contributed by atoms with Crippen LogP contribution in [0.3, 0.4) is 0 Å². The summed E-state index contributed by atoms with van der Waals surface area (Å²) in [7, 11) is 0. The first-order chi connectivity index (χ1) is 10.5. The molecule has 116 valence electrons. The van der Waals surface area contributed by atoms with Crippen LogP contribution in [0.5, 0.6) is 0 Å². The molecule has 0 fully saturated rings. The number of aryl methyl sites for hydroxylation is 3. The van der Waals surface area contributed by atoms with Crippen molar-refractivity contribution in [2.75, 3.05) is 5.32 Å². The molecule has 0 bridgehead atoms. The molecular formula is C18H23N3O. The van der Waals surface area contributed by atoms with Crippen molar-refractivity contribution in [1.82, 2.24) is 9.78 Å². The first-order valence-electron chi connectivity index (χ1n) is 7.93. The van der Waals surface area contributed by atoms with Crippen LogP contribution >= 0.6 is 0 Å². The number of aromatic nitrogens is 2. The van der Waals surface area contributed by atoms with Crippen LogP contribution in [0.2, 0.25) is 0 Å². The van der Waals surface area contributed by atoms with E-state index in [9.17, 15) is 4.79 Å². The van der Waals surface area contributed by atoms with E-state index in [1.807, 2.05) is 32.2 Å². The third-order valence-corrected chi connectivity index (χ3v) is 4.18. The fourth-order valence-corrected chi connectivity index (χ4v) is 3.22. The Morgan fingerprint density at radius 3 is 2.77 bits per heavy atom. The maximum atomic E-state index is 12.2. The van der Waals surface area contributed by atoms with Gasteiger partial charge >= 0.3 is 0 Å². The molecule has 4 heteroatoms.